The van der Waals surface area contributed by atoms with Crippen molar-refractivity contribution in [3.8, 4) is 0 Å². The third-order valence-corrected chi connectivity index (χ3v) is 2.63. The third kappa shape index (κ3) is 4.15. The van der Waals surface area contributed by atoms with Crippen molar-refractivity contribution in [3.63, 3.8) is 0 Å². The van der Waals surface area contributed by atoms with Crippen molar-refractivity contribution >= 4 is 6.09 Å². The van der Waals surface area contributed by atoms with Crippen LogP contribution in [0.3, 0.4) is 0 Å². The van der Waals surface area contributed by atoms with Crippen molar-refractivity contribution in [1.82, 2.24) is 5.32 Å². The summed E-state index contributed by atoms with van der Waals surface area (Å²) in [6.07, 6.45) is 7.41. The van der Waals surface area contributed by atoms with E-state index in [0.717, 1.165) is 0 Å². The van der Waals surface area contributed by atoms with Gasteiger partial charge in [0, 0.05) is 7.05 Å². The first-order valence-corrected chi connectivity index (χ1v) is 5.17. The molecule has 13 heavy (non-hydrogen) atoms. The summed E-state index contributed by atoms with van der Waals surface area (Å²) in [5.41, 5.74) is 0. The Morgan fingerprint density at radius 1 is 1.31 bits per heavy atom. The Balaban J connectivity index is 2.15. The molecule has 1 rings (SSSR count). The van der Waals surface area contributed by atoms with E-state index in [-0.39, 0.29) is 6.09 Å². The number of carbonyl (C=O) groups excluding carboxylic acids is 1. The monoisotopic (exact) mass is 185 g/mol. The molecule has 0 aromatic rings. The van der Waals surface area contributed by atoms with Crippen LogP contribution in [-0.2, 0) is 4.74 Å². The Hall–Kier alpha value is -0.730. The van der Waals surface area contributed by atoms with Crippen LogP contribution >= 0.6 is 0 Å². The summed E-state index contributed by atoms with van der Waals surface area (Å²) < 4.78 is 5.04. The molecule has 0 aromatic heterocycles. The van der Waals surface area contributed by atoms with Gasteiger partial charge in [-0.25, -0.2) is 4.79 Å². The number of carbonyl (C=O) groups is 1. The average Bonchev–Trinajstić information content (AvgIpc) is 2.42. The summed E-state index contributed by atoms with van der Waals surface area (Å²) in [5.74, 6) is 0.597. The zero-order valence-corrected chi connectivity index (χ0v) is 8.34. The van der Waals surface area contributed by atoms with Gasteiger partial charge in [0.2, 0.25) is 0 Å². The molecule has 0 atom stereocenters. The van der Waals surface area contributed by atoms with Gasteiger partial charge in [0.1, 0.15) is 0 Å². The molecule has 3 nitrogen and oxygen atoms in total. The number of nitrogens with one attached hydrogen (secondary N) is 1. The lowest BCUT2D eigenvalue weighted by Crippen LogP contribution is -2.22. The van der Waals surface area contributed by atoms with Gasteiger partial charge in [-0.2, -0.15) is 0 Å². The van der Waals surface area contributed by atoms with Crippen LogP contribution in [0, 0.1) is 5.92 Å². The van der Waals surface area contributed by atoms with E-state index in [1.807, 2.05) is 0 Å². The fourth-order valence-electron chi connectivity index (χ4n) is 1.80. The van der Waals surface area contributed by atoms with Crippen molar-refractivity contribution in [1.29, 1.82) is 0 Å². The van der Waals surface area contributed by atoms with Gasteiger partial charge in [-0.3, -0.25) is 0 Å². The molecule has 0 aliphatic heterocycles. The van der Waals surface area contributed by atoms with E-state index < -0.39 is 0 Å². The summed E-state index contributed by atoms with van der Waals surface area (Å²) in [4.78, 5) is 10.8. The highest BCUT2D eigenvalue weighted by Crippen LogP contribution is 2.22. The van der Waals surface area contributed by atoms with Gasteiger partial charge >= 0.3 is 6.09 Å². The van der Waals surface area contributed by atoms with Crippen molar-refractivity contribution in [2.75, 3.05) is 13.7 Å². The van der Waals surface area contributed by atoms with Crippen LogP contribution in [0.5, 0.6) is 0 Å². The highest BCUT2D eigenvalue weighted by molar-refractivity contribution is 5.66. The first kappa shape index (κ1) is 10.4. The molecule has 0 spiro atoms. The molecule has 1 aliphatic carbocycles. The lowest BCUT2D eigenvalue weighted by atomic mass is 10.0. The summed E-state index contributed by atoms with van der Waals surface area (Å²) in [6.45, 7) is 0.597. The van der Waals surface area contributed by atoms with Crippen molar-refractivity contribution in [2.24, 2.45) is 5.92 Å². The van der Waals surface area contributed by atoms with Crippen LogP contribution in [-0.4, -0.2) is 19.7 Å². The predicted molar refractivity (Wildman–Crippen MR) is 51.6 cm³/mol. The number of alkyl carbamates (subject to hydrolysis) is 1. The molecular weight excluding hydrogens is 166 g/mol. The molecule has 1 amide bonds. The Morgan fingerprint density at radius 3 is 2.46 bits per heavy atom. The van der Waals surface area contributed by atoms with Crippen molar-refractivity contribution in [3.05, 3.63) is 0 Å². The number of hydrogen-bond acceptors (Lipinski definition) is 2. The zero-order valence-electron chi connectivity index (χ0n) is 8.34. The molecule has 0 bridgehead atoms. The van der Waals surface area contributed by atoms with Gasteiger partial charge < -0.3 is 10.1 Å². The molecule has 0 aromatic carbocycles. The maximum absolute atomic E-state index is 10.8. The molecule has 1 N–H and O–H groups in total. The molecule has 1 aliphatic rings. The van der Waals surface area contributed by atoms with E-state index in [0.29, 0.717) is 12.5 Å². The first-order valence-electron chi connectivity index (χ1n) is 5.17. The number of amides is 1. The molecule has 1 fully saturated rings. The quantitative estimate of drug-likeness (QED) is 0.670. The second kappa shape index (κ2) is 5.84. The molecular formula is C10H19NO2. The minimum absolute atomic E-state index is 0.302. The van der Waals surface area contributed by atoms with Crippen molar-refractivity contribution < 1.29 is 9.53 Å². The maximum Gasteiger partial charge on any atom is 0.406 e. The minimum atomic E-state index is -0.302. The van der Waals surface area contributed by atoms with Gasteiger partial charge in [-0.1, -0.05) is 25.7 Å². The van der Waals surface area contributed by atoms with E-state index in [1.54, 1.807) is 7.05 Å². The fraction of sp³-hybridized carbons (Fsp3) is 0.900. The van der Waals surface area contributed by atoms with Crippen LogP contribution in [0.25, 0.3) is 0 Å². The third-order valence-electron chi connectivity index (χ3n) is 2.63. The first-order chi connectivity index (χ1) is 6.33. The number of ether oxygens (including phenoxy) is 1. The summed E-state index contributed by atoms with van der Waals surface area (Å²) in [5, 5.41) is 2.46. The maximum atomic E-state index is 10.8. The standard InChI is InChI=1S/C10H19NO2/c1-11-10(12)13-8-9-6-4-2-3-5-7-9/h9H,2-8H2,1H3,(H,11,12). The van der Waals surface area contributed by atoms with E-state index in [4.69, 9.17) is 4.74 Å². The van der Waals surface area contributed by atoms with Crippen LogP contribution in [0.2, 0.25) is 0 Å². The van der Waals surface area contributed by atoms with Gasteiger partial charge in [0.15, 0.2) is 0 Å². The summed E-state index contributed by atoms with van der Waals surface area (Å²) in [6, 6.07) is 0. The van der Waals surface area contributed by atoms with Crippen LogP contribution in [0.1, 0.15) is 38.5 Å². The Bertz CT molecular complexity index is 151. The Morgan fingerprint density at radius 2 is 1.92 bits per heavy atom. The van der Waals surface area contributed by atoms with Gasteiger partial charge in [0.25, 0.3) is 0 Å². The molecule has 0 saturated heterocycles. The SMILES string of the molecule is CNC(=O)OCC1CCCCCC1. The zero-order chi connectivity index (χ0) is 9.52. The smallest absolute Gasteiger partial charge is 0.406 e. The molecule has 76 valence electrons. The lowest BCUT2D eigenvalue weighted by molar-refractivity contribution is 0.124. The highest BCUT2D eigenvalue weighted by Gasteiger charge is 2.13. The van der Waals surface area contributed by atoms with Gasteiger partial charge in [0.05, 0.1) is 6.61 Å². The Kier molecular flexibility index (Phi) is 4.65. The summed E-state index contributed by atoms with van der Waals surface area (Å²) in [7, 11) is 1.59. The van der Waals surface area contributed by atoms with E-state index in [9.17, 15) is 4.79 Å². The molecule has 0 heterocycles. The second-order valence-corrected chi connectivity index (χ2v) is 3.71. The highest BCUT2D eigenvalue weighted by atomic mass is 16.5. The molecule has 0 radical (unpaired) electrons. The average molecular weight is 185 g/mol. The van der Waals surface area contributed by atoms with Gasteiger partial charge in [-0.05, 0) is 18.8 Å². The minimum Gasteiger partial charge on any atom is -0.449 e. The molecule has 3 heteroatoms. The number of rotatable bonds is 2. The van der Waals surface area contributed by atoms with E-state index in [2.05, 4.69) is 5.32 Å². The van der Waals surface area contributed by atoms with E-state index in [1.165, 1.54) is 38.5 Å². The van der Waals surface area contributed by atoms with Gasteiger partial charge in [-0.15, -0.1) is 0 Å². The normalized spacial score (nSPS) is 19.2. The van der Waals surface area contributed by atoms with Crippen molar-refractivity contribution in [2.45, 2.75) is 38.5 Å². The van der Waals surface area contributed by atoms with Crippen LogP contribution in [0.15, 0.2) is 0 Å². The predicted octanol–water partition coefficient (Wildman–Crippen LogP) is 2.31. The Labute approximate surface area is 79.8 Å². The van der Waals surface area contributed by atoms with E-state index >= 15 is 0 Å². The largest absolute Gasteiger partial charge is 0.449 e. The van der Waals surface area contributed by atoms with Crippen LogP contribution in [0.4, 0.5) is 4.79 Å². The summed E-state index contributed by atoms with van der Waals surface area (Å²) >= 11 is 0. The second-order valence-electron chi connectivity index (χ2n) is 3.71. The van der Waals surface area contributed by atoms with Crippen LogP contribution < -0.4 is 5.32 Å². The lowest BCUT2D eigenvalue weighted by Gasteiger charge is -2.13. The topological polar surface area (TPSA) is 38.3 Å². The fourth-order valence-corrected chi connectivity index (χ4v) is 1.80. The molecule has 0 unspecified atom stereocenters. The number of hydrogen-bond donors (Lipinski definition) is 1. The molecule has 1 saturated carbocycles.